The lowest BCUT2D eigenvalue weighted by atomic mass is 10.1. The minimum absolute atomic E-state index is 0.519. The second-order valence-electron chi connectivity index (χ2n) is 5.22. The van der Waals surface area contributed by atoms with Gasteiger partial charge in [-0.3, -0.25) is 4.98 Å². The molecule has 0 unspecified atom stereocenters. The summed E-state index contributed by atoms with van der Waals surface area (Å²) in [6.45, 7) is 4.12. The monoisotopic (exact) mass is 278 g/mol. The zero-order valence-electron chi connectivity index (χ0n) is 12.3. The molecule has 0 spiro atoms. The Labute approximate surface area is 124 Å². The Bertz CT molecular complexity index is 796. The maximum atomic E-state index is 5.90. The molecule has 0 radical (unpaired) electrons. The van der Waals surface area contributed by atoms with Gasteiger partial charge in [0, 0.05) is 28.4 Å². The van der Waals surface area contributed by atoms with Crippen LogP contribution in [0.2, 0.25) is 0 Å². The molecule has 4 heteroatoms. The highest BCUT2D eigenvalue weighted by Gasteiger charge is 2.07. The Morgan fingerprint density at radius 3 is 2.67 bits per heavy atom. The highest BCUT2D eigenvalue weighted by atomic mass is 14.9. The lowest BCUT2D eigenvalue weighted by Crippen LogP contribution is -2.00. The topological polar surface area (TPSA) is 64.7 Å². The summed E-state index contributed by atoms with van der Waals surface area (Å²) in [6.07, 6.45) is 1.95. The number of aryl methyl sites for hydroxylation is 2. The lowest BCUT2D eigenvalue weighted by molar-refractivity contribution is 0.877. The summed E-state index contributed by atoms with van der Waals surface area (Å²) in [7, 11) is 0. The molecule has 0 atom stereocenters. The summed E-state index contributed by atoms with van der Waals surface area (Å²) in [5.74, 6) is 1.20. The Morgan fingerprint density at radius 2 is 1.86 bits per heavy atom. The van der Waals surface area contributed by atoms with E-state index in [-0.39, 0.29) is 0 Å². The van der Waals surface area contributed by atoms with Gasteiger partial charge in [0.1, 0.15) is 5.82 Å². The van der Waals surface area contributed by atoms with Gasteiger partial charge in [0.15, 0.2) is 5.82 Å². The van der Waals surface area contributed by atoms with Crippen molar-refractivity contribution in [2.24, 2.45) is 0 Å². The van der Waals surface area contributed by atoms with Gasteiger partial charge < -0.3 is 5.73 Å². The third-order valence-corrected chi connectivity index (χ3v) is 3.39. The van der Waals surface area contributed by atoms with Crippen molar-refractivity contribution < 1.29 is 0 Å². The van der Waals surface area contributed by atoms with Crippen molar-refractivity contribution in [2.75, 3.05) is 5.73 Å². The zero-order valence-corrected chi connectivity index (χ0v) is 12.3. The normalized spacial score (nSPS) is 11.0. The van der Waals surface area contributed by atoms with Crippen LogP contribution in [0.3, 0.4) is 0 Å². The molecule has 4 nitrogen and oxygen atoms in total. The van der Waals surface area contributed by atoms with E-state index < -0.39 is 0 Å². The fourth-order valence-electron chi connectivity index (χ4n) is 2.40. The van der Waals surface area contributed by atoms with E-state index in [2.05, 4.69) is 34.0 Å². The van der Waals surface area contributed by atoms with Crippen molar-refractivity contribution in [1.82, 2.24) is 15.0 Å². The van der Waals surface area contributed by atoms with Crippen molar-refractivity contribution >= 4 is 16.7 Å². The smallest absolute Gasteiger partial charge is 0.161 e. The maximum absolute atomic E-state index is 5.90. The van der Waals surface area contributed by atoms with E-state index in [1.54, 1.807) is 0 Å². The van der Waals surface area contributed by atoms with Gasteiger partial charge in [-0.05, 0) is 37.6 Å². The first-order valence-corrected chi connectivity index (χ1v) is 7.17. The standard InChI is InChI=1S/C17H18N4/c1-3-4-14-10-16(18)21-17(20-14)13-7-8-15-12(9-13)6-5-11(2)19-15/h5-10H,3-4H2,1-2H3,(H2,18,20,21). The highest BCUT2D eigenvalue weighted by Crippen LogP contribution is 2.22. The first-order valence-electron chi connectivity index (χ1n) is 7.17. The van der Waals surface area contributed by atoms with Gasteiger partial charge in [-0.1, -0.05) is 19.4 Å². The average molecular weight is 278 g/mol. The number of benzene rings is 1. The summed E-state index contributed by atoms with van der Waals surface area (Å²) in [6, 6.07) is 12.0. The second kappa shape index (κ2) is 5.48. The molecule has 0 bridgehead atoms. The number of nitrogen functional groups attached to an aromatic ring is 1. The van der Waals surface area contributed by atoms with Crippen LogP contribution in [0.5, 0.6) is 0 Å². The van der Waals surface area contributed by atoms with E-state index in [9.17, 15) is 0 Å². The van der Waals surface area contributed by atoms with Gasteiger partial charge in [-0.15, -0.1) is 0 Å². The predicted molar refractivity (Wildman–Crippen MR) is 85.9 cm³/mol. The van der Waals surface area contributed by atoms with E-state index in [0.29, 0.717) is 11.6 Å². The van der Waals surface area contributed by atoms with Crippen molar-refractivity contribution in [1.29, 1.82) is 0 Å². The molecular weight excluding hydrogens is 260 g/mol. The van der Waals surface area contributed by atoms with Gasteiger partial charge in [-0.2, -0.15) is 0 Å². The molecule has 0 aliphatic carbocycles. The number of rotatable bonds is 3. The third kappa shape index (κ3) is 2.84. The minimum atomic E-state index is 0.519. The first-order chi connectivity index (χ1) is 10.2. The molecule has 2 heterocycles. The van der Waals surface area contributed by atoms with E-state index in [1.807, 2.05) is 31.2 Å². The summed E-state index contributed by atoms with van der Waals surface area (Å²) < 4.78 is 0. The van der Waals surface area contributed by atoms with Gasteiger partial charge in [0.25, 0.3) is 0 Å². The number of aromatic nitrogens is 3. The fourth-order valence-corrected chi connectivity index (χ4v) is 2.40. The minimum Gasteiger partial charge on any atom is -0.384 e. The summed E-state index contributed by atoms with van der Waals surface area (Å²) in [4.78, 5) is 13.5. The molecule has 0 aliphatic heterocycles. The molecular formula is C17H18N4. The molecule has 106 valence electrons. The molecule has 1 aromatic carbocycles. The molecule has 3 rings (SSSR count). The van der Waals surface area contributed by atoms with E-state index in [0.717, 1.165) is 40.7 Å². The number of hydrogen-bond acceptors (Lipinski definition) is 4. The Balaban J connectivity index is 2.09. The van der Waals surface area contributed by atoms with Crippen LogP contribution in [0.1, 0.15) is 24.7 Å². The number of anilines is 1. The van der Waals surface area contributed by atoms with Crippen LogP contribution in [-0.4, -0.2) is 15.0 Å². The van der Waals surface area contributed by atoms with Crippen LogP contribution in [0.15, 0.2) is 36.4 Å². The van der Waals surface area contributed by atoms with Crippen molar-refractivity contribution in [3.63, 3.8) is 0 Å². The molecule has 0 amide bonds. The van der Waals surface area contributed by atoms with E-state index in [1.165, 1.54) is 0 Å². The van der Waals surface area contributed by atoms with E-state index in [4.69, 9.17) is 5.73 Å². The van der Waals surface area contributed by atoms with Crippen LogP contribution in [0, 0.1) is 6.92 Å². The Hall–Kier alpha value is -2.49. The van der Waals surface area contributed by atoms with Crippen LogP contribution >= 0.6 is 0 Å². The number of nitrogens with zero attached hydrogens (tertiary/aromatic N) is 3. The summed E-state index contributed by atoms with van der Waals surface area (Å²) >= 11 is 0. The molecule has 21 heavy (non-hydrogen) atoms. The first kappa shape index (κ1) is 13.5. The maximum Gasteiger partial charge on any atom is 0.161 e. The molecule has 2 aromatic heterocycles. The van der Waals surface area contributed by atoms with Gasteiger partial charge in [-0.25, -0.2) is 9.97 Å². The van der Waals surface area contributed by atoms with Gasteiger partial charge in [0.05, 0.1) is 5.52 Å². The molecule has 3 aromatic rings. The van der Waals surface area contributed by atoms with Crippen LogP contribution in [-0.2, 0) is 6.42 Å². The SMILES string of the molecule is CCCc1cc(N)nc(-c2ccc3nc(C)ccc3c2)n1. The molecule has 0 fully saturated rings. The Morgan fingerprint density at radius 1 is 1.00 bits per heavy atom. The Kier molecular flexibility index (Phi) is 3.52. The van der Waals surface area contributed by atoms with Gasteiger partial charge >= 0.3 is 0 Å². The van der Waals surface area contributed by atoms with Crippen molar-refractivity contribution in [3.8, 4) is 11.4 Å². The summed E-state index contributed by atoms with van der Waals surface area (Å²) in [5.41, 5.74) is 9.85. The third-order valence-electron chi connectivity index (χ3n) is 3.39. The highest BCUT2D eigenvalue weighted by molar-refractivity contribution is 5.83. The van der Waals surface area contributed by atoms with Crippen LogP contribution in [0.25, 0.3) is 22.3 Å². The second-order valence-corrected chi connectivity index (χ2v) is 5.22. The lowest BCUT2D eigenvalue weighted by Gasteiger charge is -2.06. The number of fused-ring (bicyclic) bond motifs is 1. The van der Waals surface area contributed by atoms with Crippen LogP contribution in [0.4, 0.5) is 5.82 Å². The molecule has 0 saturated carbocycles. The molecule has 0 aliphatic rings. The average Bonchev–Trinajstić information content (AvgIpc) is 2.46. The van der Waals surface area contributed by atoms with Crippen molar-refractivity contribution in [3.05, 3.63) is 47.8 Å². The van der Waals surface area contributed by atoms with E-state index >= 15 is 0 Å². The van der Waals surface area contributed by atoms with Gasteiger partial charge in [0.2, 0.25) is 0 Å². The predicted octanol–water partition coefficient (Wildman–Crippen LogP) is 3.53. The van der Waals surface area contributed by atoms with Crippen LogP contribution < -0.4 is 5.73 Å². The number of nitrogens with two attached hydrogens (primary N) is 1. The number of hydrogen-bond donors (Lipinski definition) is 1. The molecule has 0 saturated heterocycles. The largest absolute Gasteiger partial charge is 0.384 e. The summed E-state index contributed by atoms with van der Waals surface area (Å²) in [5, 5.41) is 1.08. The fraction of sp³-hybridized carbons (Fsp3) is 0.235. The van der Waals surface area contributed by atoms with Crippen molar-refractivity contribution in [2.45, 2.75) is 26.7 Å². The quantitative estimate of drug-likeness (QED) is 0.796. The number of pyridine rings is 1. The zero-order chi connectivity index (χ0) is 14.8. The molecule has 2 N–H and O–H groups in total.